The van der Waals surface area contributed by atoms with Crippen LogP contribution in [-0.2, 0) is 19.1 Å². The van der Waals surface area contributed by atoms with Gasteiger partial charge in [0.25, 0.3) is 5.56 Å². The molecular formula is C12H13IN2O6. The fourth-order valence-electron chi connectivity index (χ4n) is 1.35. The maximum absolute atomic E-state index is 11.9. The zero-order valence-electron chi connectivity index (χ0n) is 11.3. The molecule has 0 aliphatic rings. The number of aromatic amines is 1. The highest BCUT2D eigenvalue weighted by Crippen LogP contribution is 2.06. The summed E-state index contributed by atoms with van der Waals surface area (Å²) in [5.74, 6) is -1.68. The van der Waals surface area contributed by atoms with Gasteiger partial charge in [0, 0.05) is 6.20 Å². The molecule has 8 nitrogen and oxygen atoms in total. The van der Waals surface area contributed by atoms with E-state index >= 15 is 0 Å². The Bertz CT molecular complexity index is 688. The van der Waals surface area contributed by atoms with Gasteiger partial charge in [0.05, 0.1) is 22.9 Å². The van der Waals surface area contributed by atoms with Crippen LogP contribution < -0.4 is 11.2 Å². The Morgan fingerprint density at radius 3 is 2.48 bits per heavy atom. The summed E-state index contributed by atoms with van der Waals surface area (Å²) in [4.78, 5) is 48.5. The van der Waals surface area contributed by atoms with E-state index in [2.05, 4.69) is 0 Å². The van der Waals surface area contributed by atoms with Gasteiger partial charge in [-0.3, -0.25) is 14.3 Å². The van der Waals surface area contributed by atoms with E-state index in [1.54, 1.807) is 36.4 Å². The van der Waals surface area contributed by atoms with Crippen LogP contribution in [-0.4, -0.2) is 34.7 Å². The second kappa shape index (κ2) is 7.76. The van der Waals surface area contributed by atoms with Crippen LogP contribution in [0.1, 0.15) is 13.8 Å². The van der Waals surface area contributed by atoms with Crippen molar-refractivity contribution in [3.05, 3.63) is 36.7 Å². The average molecular weight is 408 g/mol. The predicted octanol–water partition coefficient (Wildman–Crippen LogP) is 0.108. The molecule has 1 aromatic heterocycles. The quantitative estimate of drug-likeness (QED) is 0.421. The number of hydrogen-bond acceptors (Lipinski definition) is 6. The van der Waals surface area contributed by atoms with E-state index in [-0.39, 0.29) is 22.5 Å². The Morgan fingerprint density at radius 2 is 1.90 bits per heavy atom. The standard InChI is InChI=1S/C12H13IN2O6/c1-3-20-9(16)5-8(11(18)21-4-2)15-6-7(13)10(17)14-12(15)19/h5-6H,3-4H2,1-2H3,(H,14,17,19)/b8-5+. The lowest BCUT2D eigenvalue weighted by molar-refractivity contribution is -0.139. The van der Waals surface area contributed by atoms with Crippen LogP contribution in [0.5, 0.6) is 0 Å². The molecule has 1 heterocycles. The SMILES string of the molecule is CCOC(=O)/C=C(\C(=O)OCC)n1cc(I)c(=O)[nH]c1=O. The van der Waals surface area contributed by atoms with Crippen molar-refractivity contribution in [2.24, 2.45) is 0 Å². The number of esters is 2. The third-order valence-electron chi connectivity index (χ3n) is 2.18. The lowest BCUT2D eigenvalue weighted by atomic mass is 10.3. The van der Waals surface area contributed by atoms with Gasteiger partial charge in [0.2, 0.25) is 0 Å². The van der Waals surface area contributed by atoms with Crippen molar-refractivity contribution in [3.8, 4) is 0 Å². The van der Waals surface area contributed by atoms with Crippen LogP contribution in [0.2, 0.25) is 0 Å². The molecule has 0 aliphatic heterocycles. The molecule has 0 fully saturated rings. The Hall–Kier alpha value is -1.91. The van der Waals surface area contributed by atoms with Crippen molar-refractivity contribution in [2.45, 2.75) is 13.8 Å². The topological polar surface area (TPSA) is 107 Å². The molecule has 1 N–H and O–H groups in total. The van der Waals surface area contributed by atoms with Crippen LogP contribution in [0, 0.1) is 3.57 Å². The summed E-state index contributed by atoms with van der Waals surface area (Å²) in [6.07, 6.45) is 1.99. The minimum atomic E-state index is -0.879. The number of carbonyl (C=O) groups is 2. The Balaban J connectivity index is 3.41. The molecule has 0 aliphatic carbocycles. The predicted molar refractivity (Wildman–Crippen MR) is 81.6 cm³/mol. The lowest BCUT2D eigenvalue weighted by Crippen LogP contribution is -2.33. The number of aromatic nitrogens is 2. The van der Waals surface area contributed by atoms with Gasteiger partial charge >= 0.3 is 17.6 Å². The Morgan fingerprint density at radius 1 is 1.29 bits per heavy atom. The summed E-state index contributed by atoms with van der Waals surface area (Å²) in [5.41, 5.74) is -1.78. The van der Waals surface area contributed by atoms with E-state index in [0.29, 0.717) is 0 Å². The first-order valence-electron chi connectivity index (χ1n) is 5.98. The number of hydrogen-bond donors (Lipinski definition) is 1. The van der Waals surface area contributed by atoms with E-state index < -0.39 is 23.2 Å². The number of ether oxygens (including phenoxy) is 2. The van der Waals surface area contributed by atoms with Gasteiger partial charge in [-0.1, -0.05) is 0 Å². The Kier molecular flexibility index (Phi) is 6.34. The summed E-state index contributed by atoms with van der Waals surface area (Å²) in [7, 11) is 0. The highest BCUT2D eigenvalue weighted by molar-refractivity contribution is 14.1. The molecule has 0 radical (unpaired) electrons. The van der Waals surface area contributed by atoms with E-state index in [4.69, 9.17) is 9.47 Å². The molecule has 21 heavy (non-hydrogen) atoms. The molecule has 114 valence electrons. The maximum atomic E-state index is 11.9. The Labute approximate surface area is 132 Å². The highest BCUT2D eigenvalue weighted by Gasteiger charge is 2.18. The molecule has 0 saturated heterocycles. The number of nitrogens with one attached hydrogen (secondary N) is 1. The lowest BCUT2D eigenvalue weighted by Gasteiger charge is -2.09. The summed E-state index contributed by atoms with van der Waals surface area (Å²) < 4.78 is 10.5. The van der Waals surface area contributed by atoms with Crippen molar-refractivity contribution < 1.29 is 19.1 Å². The van der Waals surface area contributed by atoms with E-state index in [1.807, 2.05) is 4.98 Å². The first kappa shape index (κ1) is 17.1. The summed E-state index contributed by atoms with van der Waals surface area (Å²) >= 11 is 1.70. The van der Waals surface area contributed by atoms with E-state index in [9.17, 15) is 19.2 Å². The first-order chi connectivity index (χ1) is 9.90. The zero-order valence-corrected chi connectivity index (χ0v) is 13.5. The first-order valence-corrected chi connectivity index (χ1v) is 7.06. The van der Waals surface area contributed by atoms with Gasteiger partial charge in [-0.15, -0.1) is 0 Å². The fraction of sp³-hybridized carbons (Fsp3) is 0.333. The van der Waals surface area contributed by atoms with Crippen LogP contribution in [0.4, 0.5) is 0 Å². The van der Waals surface area contributed by atoms with Crippen molar-refractivity contribution >= 4 is 40.2 Å². The summed E-state index contributed by atoms with van der Waals surface area (Å²) in [5, 5.41) is 0. The van der Waals surface area contributed by atoms with Crippen molar-refractivity contribution in [1.29, 1.82) is 0 Å². The minimum Gasteiger partial charge on any atom is -0.463 e. The van der Waals surface area contributed by atoms with Crippen LogP contribution in [0.25, 0.3) is 5.70 Å². The summed E-state index contributed by atoms with van der Waals surface area (Å²) in [6, 6.07) is 0. The van der Waals surface area contributed by atoms with Gasteiger partial charge in [-0.25, -0.2) is 14.4 Å². The fourth-order valence-corrected chi connectivity index (χ4v) is 1.77. The van der Waals surface area contributed by atoms with E-state index in [1.165, 1.54) is 0 Å². The molecule has 1 rings (SSSR count). The molecule has 0 aromatic carbocycles. The molecule has 0 saturated carbocycles. The zero-order chi connectivity index (χ0) is 16.0. The minimum absolute atomic E-state index is 0.0637. The largest absolute Gasteiger partial charge is 0.463 e. The number of halogens is 1. The average Bonchev–Trinajstić information content (AvgIpc) is 2.41. The number of nitrogens with zero attached hydrogens (tertiary/aromatic N) is 1. The molecule has 0 unspecified atom stereocenters. The number of rotatable bonds is 5. The smallest absolute Gasteiger partial charge is 0.355 e. The maximum Gasteiger partial charge on any atom is 0.355 e. The molecule has 1 aromatic rings. The molecule has 0 spiro atoms. The molecule has 0 amide bonds. The van der Waals surface area contributed by atoms with Gasteiger partial charge in [0.1, 0.15) is 5.70 Å². The molecular weight excluding hydrogens is 395 g/mol. The molecule has 9 heteroatoms. The second-order valence-corrected chi connectivity index (χ2v) is 4.77. The van der Waals surface area contributed by atoms with Crippen LogP contribution in [0.15, 0.2) is 21.9 Å². The van der Waals surface area contributed by atoms with Gasteiger partial charge in [-0.05, 0) is 36.4 Å². The van der Waals surface area contributed by atoms with Crippen molar-refractivity contribution in [2.75, 3.05) is 13.2 Å². The van der Waals surface area contributed by atoms with E-state index in [0.717, 1.165) is 16.8 Å². The van der Waals surface area contributed by atoms with Crippen molar-refractivity contribution in [1.82, 2.24) is 9.55 Å². The van der Waals surface area contributed by atoms with Crippen LogP contribution >= 0.6 is 22.6 Å². The van der Waals surface area contributed by atoms with Gasteiger partial charge < -0.3 is 9.47 Å². The van der Waals surface area contributed by atoms with Crippen LogP contribution in [0.3, 0.4) is 0 Å². The second-order valence-electron chi connectivity index (χ2n) is 3.61. The van der Waals surface area contributed by atoms with Gasteiger partial charge in [0.15, 0.2) is 0 Å². The normalized spacial score (nSPS) is 11.1. The molecule has 0 bridgehead atoms. The summed E-state index contributed by atoms with van der Waals surface area (Å²) in [6.45, 7) is 3.36. The molecule has 0 atom stereocenters. The van der Waals surface area contributed by atoms with Gasteiger partial charge in [-0.2, -0.15) is 0 Å². The highest BCUT2D eigenvalue weighted by atomic mass is 127. The van der Waals surface area contributed by atoms with Crippen molar-refractivity contribution in [3.63, 3.8) is 0 Å². The third kappa shape index (κ3) is 4.55. The monoisotopic (exact) mass is 408 g/mol. The number of carbonyl (C=O) groups excluding carboxylic acids is 2. The third-order valence-corrected chi connectivity index (χ3v) is 2.95. The number of H-pyrrole nitrogens is 1.